The van der Waals surface area contributed by atoms with Gasteiger partial charge in [-0.25, -0.2) is 9.97 Å². The lowest BCUT2D eigenvalue weighted by Crippen LogP contribution is -2.31. The SMILES string of the molecule is C[C@@H](C(=O)NCCCc1csc(N)n1)n1cnc2ccccc21. The van der Waals surface area contributed by atoms with E-state index in [1.165, 1.54) is 11.3 Å². The van der Waals surface area contributed by atoms with Gasteiger partial charge in [-0.05, 0) is 31.9 Å². The third-order valence-electron chi connectivity index (χ3n) is 3.76. The Balaban J connectivity index is 1.53. The lowest BCUT2D eigenvalue weighted by atomic mass is 10.2. The first kappa shape index (κ1) is 15.5. The molecule has 23 heavy (non-hydrogen) atoms. The Bertz CT molecular complexity index is 810. The Morgan fingerprint density at radius 1 is 1.43 bits per heavy atom. The van der Waals surface area contributed by atoms with Gasteiger partial charge in [0.25, 0.3) is 0 Å². The smallest absolute Gasteiger partial charge is 0.242 e. The van der Waals surface area contributed by atoms with Gasteiger partial charge < -0.3 is 15.6 Å². The fourth-order valence-corrected chi connectivity index (χ4v) is 3.08. The topological polar surface area (TPSA) is 85.8 Å². The first-order valence-electron chi connectivity index (χ1n) is 7.54. The van der Waals surface area contributed by atoms with Gasteiger partial charge in [-0.2, -0.15) is 0 Å². The second kappa shape index (κ2) is 6.78. The molecule has 0 radical (unpaired) electrons. The summed E-state index contributed by atoms with van der Waals surface area (Å²) in [7, 11) is 0. The molecular weight excluding hydrogens is 310 g/mol. The van der Waals surface area contributed by atoms with Crippen molar-refractivity contribution in [1.82, 2.24) is 19.9 Å². The molecule has 3 N–H and O–H groups in total. The van der Waals surface area contributed by atoms with Gasteiger partial charge in [0, 0.05) is 11.9 Å². The van der Waals surface area contributed by atoms with Crippen LogP contribution in [0.2, 0.25) is 0 Å². The number of hydrogen-bond acceptors (Lipinski definition) is 5. The van der Waals surface area contributed by atoms with Gasteiger partial charge in [-0.15, -0.1) is 11.3 Å². The molecule has 0 bridgehead atoms. The number of carbonyl (C=O) groups is 1. The van der Waals surface area contributed by atoms with E-state index in [0.29, 0.717) is 11.7 Å². The van der Waals surface area contributed by atoms with Crippen molar-refractivity contribution in [2.24, 2.45) is 0 Å². The highest BCUT2D eigenvalue weighted by atomic mass is 32.1. The largest absolute Gasteiger partial charge is 0.375 e. The summed E-state index contributed by atoms with van der Waals surface area (Å²) >= 11 is 1.44. The quantitative estimate of drug-likeness (QED) is 0.680. The number of benzene rings is 1. The molecule has 0 aliphatic heterocycles. The maximum Gasteiger partial charge on any atom is 0.242 e. The monoisotopic (exact) mass is 329 g/mol. The molecule has 0 fully saturated rings. The van der Waals surface area contributed by atoms with Gasteiger partial charge >= 0.3 is 0 Å². The minimum atomic E-state index is -0.294. The van der Waals surface area contributed by atoms with Crippen molar-refractivity contribution in [3.05, 3.63) is 41.7 Å². The number of carbonyl (C=O) groups excluding carboxylic acids is 1. The number of aryl methyl sites for hydroxylation is 1. The molecule has 1 amide bonds. The molecular formula is C16H19N5OS. The lowest BCUT2D eigenvalue weighted by molar-refractivity contribution is -0.123. The number of amides is 1. The average molecular weight is 329 g/mol. The Labute approximate surface area is 138 Å². The molecule has 1 atom stereocenters. The fraction of sp³-hybridized carbons (Fsp3) is 0.312. The van der Waals surface area contributed by atoms with Crippen molar-refractivity contribution in [2.45, 2.75) is 25.8 Å². The van der Waals surface area contributed by atoms with Crippen LogP contribution in [-0.4, -0.2) is 27.0 Å². The molecule has 1 aromatic carbocycles. The molecule has 0 saturated carbocycles. The van der Waals surface area contributed by atoms with Crippen LogP contribution in [0.25, 0.3) is 11.0 Å². The van der Waals surface area contributed by atoms with Crippen molar-refractivity contribution < 1.29 is 4.79 Å². The molecule has 6 nitrogen and oxygen atoms in total. The number of thiazole rings is 1. The Morgan fingerprint density at radius 2 is 2.26 bits per heavy atom. The van der Waals surface area contributed by atoms with Gasteiger partial charge in [0.05, 0.1) is 23.1 Å². The standard InChI is InChI=1S/C16H19N5OS/c1-11(21-10-19-13-6-2-3-7-14(13)21)15(22)18-8-4-5-12-9-23-16(17)20-12/h2-3,6-7,9-11H,4-5,8H2,1H3,(H2,17,20)(H,18,22)/t11-/m0/s1. The van der Waals surface area contributed by atoms with Crippen LogP contribution in [0.4, 0.5) is 5.13 Å². The number of hydrogen-bond donors (Lipinski definition) is 2. The Hall–Kier alpha value is -2.41. The predicted octanol–water partition coefficient (Wildman–Crippen LogP) is 2.39. The van der Waals surface area contributed by atoms with Crippen molar-refractivity contribution in [3.63, 3.8) is 0 Å². The van der Waals surface area contributed by atoms with Gasteiger partial charge in [-0.3, -0.25) is 4.79 Å². The van der Waals surface area contributed by atoms with E-state index < -0.39 is 0 Å². The van der Waals surface area contributed by atoms with Crippen molar-refractivity contribution in [3.8, 4) is 0 Å². The molecule has 3 rings (SSSR count). The number of nitrogens with two attached hydrogens (primary N) is 1. The number of rotatable bonds is 6. The number of para-hydroxylation sites is 2. The number of imidazole rings is 1. The molecule has 2 aromatic heterocycles. The third kappa shape index (κ3) is 3.50. The number of aromatic nitrogens is 3. The van der Waals surface area contributed by atoms with Crippen molar-refractivity contribution >= 4 is 33.4 Å². The Kier molecular flexibility index (Phi) is 4.57. The summed E-state index contributed by atoms with van der Waals surface area (Å²) in [4.78, 5) is 20.8. The lowest BCUT2D eigenvalue weighted by Gasteiger charge is -2.14. The molecule has 3 aromatic rings. The normalized spacial score (nSPS) is 12.4. The van der Waals surface area contributed by atoms with E-state index in [-0.39, 0.29) is 11.9 Å². The van der Waals surface area contributed by atoms with Gasteiger partial charge in [0.2, 0.25) is 5.91 Å². The van der Waals surface area contributed by atoms with Crippen LogP contribution in [0.5, 0.6) is 0 Å². The summed E-state index contributed by atoms with van der Waals surface area (Å²) in [5.41, 5.74) is 8.44. The van der Waals surface area contributed by atoms with Crippen LogP contribution in [0.15, 0.2) is 36.0 Å². The van der Waals surface area contributed by atoms with Gasteiger partial charge in [-0.1, -0.05) is 12.1 Å². The van der Waals surface area contributed by atoms with Crippen LogP contribution in [-0.2, 0) is 11.2 Å². The zero-order valence-electron chi connectivity index (χ0n) is 12.9. The first-order chi connectivity index (χ1) is 11.1. The molecule has 7 heteroatoms. The highest BCUT2D eigenvalue weighted by Gasteiger charge is 2.16. The number of nitrogens with zero attached hydrogens (tertiary/aromatic N) is 3. The van der Waals surface area contributed by atoms with Crippen LogP contribution in [0.3, 0.4) is 0 Å². The highest BCUT2D eigenvalue weighted by molar-refractivity contribution is 7.13. The number of anilines is 1. The van der Waals surface area contributed by atoms with Crippen molar-refractivity contribution in [1.29, 1.82) is 0 Å². The van der Waals surface area contributed by atoms with Crippen LogP contribution >= 0.6 is 11.3 Å². The summed E-state index contributed by atoms with van der Waals surface area (Å²) in [6, 6.07) is 7.51. The highest BCUT2D eigenvalue weighted by Crippen LogP contribution is 2.17. The molecule has 0 aliphatic rings. The molecule has 120 valence electrons. The maximum atomic E-state index is 12.3. The number of nitrogens with one attached hydrogen (secondary N) is 1. The summed E-state index contributed by atoms with van der Waals surface area (Å²) < 4.78 is 1.89. The van der Waals surface area contributed by atoms with Crippen molar-refractivity contribution in [2.75, 3.05) is 12.3 Å². The van der Waals surface area contributed by atoms with E-state index in [1.807, 2.05) is 41.1 Å². The Morgan fingerprint density at radius 3 is 3.04 bits per heavy atom. The second-order valence-electron chi connectivity index (χ2n) is 5.39. The molecule has 0 unspecified atom stereocenters. The van der Waals surface area contributed by atoms with E-state index in [0.717, 1.165) is 29.6 Å². The molecule has 0 saturated heterocycles. The minimum Gasteiger partial charge on any atom is -0.375 e. The zero-order chi connectivity index (χ0) is 16.2. The van der Waals surface area contributed by atoms with Crippen LogP contribution in [0, 0.1) is 0 Å². The average Bonchev–Trinajstić information content (AvgIpc) is 3.16. The second-order valence-corrected chi connectivity index (χ2v) is 6.28. The maximum absolute atomic E-state index is 12.3. The summed E-state index contributed by atoms with van der Waals surface area (Å²) in [5.74, 6) is -0.00838. The van der Waals surface area contributed by atoms with E-state index in [4.69, 9.17) is 5.73 Å². The van der Waals surface area contributed by atoms with E-state index in [1.54, 1.807) is 6.33 Å². The number of fused-ring (bicyclic) bond motifs is 1. The van der Waals surface area contributed by atoms with Gasteiger partial charge in [0.1, 0.15) is 6.04 Å². The molecule has 0 aliphatic carbocycles. The van der Waals surface area contributed by atoms with E-state index >= 15 is 0 Å². The fourth-order valence-electron chi connectivity index (χ4n) is 2.48. The third-order valence-corrected chi connectivity index (χ3v) is 4.48. The molecule has 2 heterocycles. The van der Waals surface area contributed by atoms with E-state index in [2.05, 4.69) is 15.3 Å². The van der Waals surface area contributed by atoms with Crippen LogP contribution < -0.4 is 11.1 Å². The number of nitrogen functional groups attached to an aromatic ring is 1. The zero-order valence-corrected chi connectivity index (χ0v) is 13.7. The van der Waals surface area contributed by atoms with E-state index in [9.17, 15) is 4.79 Å². The summed E-state index contributed by atoms with van der Waals surface area (Å²) in [6.45, 7) is 2.50. The summed E-state index contributed by atoms with van der Waals surface area (Å²) in [5, 5.41) is 5.51. The predicted molar refractivity (Wildman–Crippen MR) is 92.3 cm³/mol. The molecule has 0 spiro atoms. The minimum absolute atomic E-state index is 0.00838. The van der Waals surface area contributed by atoms with Gasteiger partial charge in [0.15, 0.2) is 5.13 Å². The van der Waals surface area contributed by atoms with Crippen LogP contribution in [0.1, 0.15) is 25.1 Å². The first-order valence-corrected chi connectivity index (χ1v) is 8.42. The summed E-state index contributed by atoms with van der Waals surface area (Å²) in [6.07, 6.45) is 3.37.